The molecule has 3 nitrogen and oxygen atoms in total. The number of carbonyl (C=O) groups excluding carboxylic acids is 1. The van der Waals surface area contributed by atoms with E-state index in [1.54, 1.807) is 30.3 Å². The molecule has 0 unspecified atom stereocenters. The Morgan fingerprint density at radius 1 is 1.17 bits per heavy atom. The maximum Gasteiger partial charge on any atom is 0.195 e. The molecule has 2 aromatic heterocycles. The minimum absolute atomic E-state index is 0.0476. The third-order valence-electron chi connectivity index (χ3n) is 3.26. The number of furan rings is 1. The summed E-state index contributed by atoms with van der Waals surface area (Å²) in [6, 6.07) is 13.1. The second-order valence-corrected chi connectivity index (χ2v) is 6.44. The van der Waals surface area contributed by atoms with Gasteiger partial charge in [-0.1, -0.05) is 0 Å². The van der Waals surface area contributed by atoms with Crippen LogP contribution < -0.4 is 4.74 Å². The van der Waals surface area contributed by atoms with E-state index in [0.717, 1.165) is 4.88 Å². The predicted molar refractivity (Wildman–Crippen MR) is 91.9 cm³/mol. The third-order valence-corrected chi connectivity index (χ3v) is 4.27. The van der Waals surface area contributed by atoms with E-state index in [9.17, 15) is 9.18 Å². The van der Waals surface area contributed by atoms with E-state index < -0.39 is 0 Å². The number of ether oxygens (including phenoxy) is 1. The lowest BCUT2D eigenvalue weighted by Crippen LogP contribution is -1.93. The summed E-state index contributed by atoms with van der Waals surface area (Å²) in [6.45, 7) is 2.20. The zero-order valence-electron chi connectivity index (χ0n) is 13.0. The molecule has 0 amide bonds. The Hall–Kier alpha value is -2.66. The van der Waals surface area contributed by atoms with Crippen LogP contribution in [0, 0.1) is 12.7 Å². The van der Waals surface area contributed by atoms with Crippen molar-refractivity contribution in [3.63, 3.8) is 0 Å². The largest absolute Gasteiger partial charge is 0.486 e. The van der Waals surface area contributed by atoms with Crippen molar-refractivity contribution in [2.45, 2.75) is 13.5 Å². The van der Waals surface area contributed by atoms with E-state index >= 15 is 0 Å². The number of thiophene rings is 1. The van der Waals surface area contributed by atoms with Crippen molar-refractivity contribution in [1.29, 1.82) is 0 Å². The fourth-order valence-electron chi connectivity index (χ4n) is 2.05. The average molecular weight is 342 g/mol. The van der Waals surface area contributed by atoms with Gasteiger partial charge in [-0.15, -0.1) is 11.3 Å². The molecular formula is C19H15FO3S. The molecule has 2 heterocycles. The molecule has 0 spiro atoms. The first-order valence-corrected chi connectivity index (χ1v) is 8.18. The first kappa shape index (κ1) is 16.2. The zero-order chi connectivity index (χ0) is 16.9. The molecule has 0 radical (unpaired) electrons. The van der Waals surface area contributed by atoms with Gasteiger partial charge in [-0.2, -0.15) is 0 Å². The van der Waals surface area contributed by atoms with Crippen molar-refractivity contribution >= 4 is 23.2 Å². The van der Waals surface area contributed by atoms with Crippen LogP contribution in [-0.2, 0) is 6.61 Å². The van der Waals surface area contributed by atoms with Gasteiger partial charge in [-0.25, -0.2) is 4.39 Å². The Morgan fingerprint density at radius 2 is 1.96 bits per heavy atom. The first-order chi connectivity index (χ1) is 11.6. The summed E-state index contributed by atoms with van der Waals surface area (Å²) in [7, 11) is 0. The van der Waals surface area contributed by atoms with E-state index in [4.69, 9.17) is 9.15 Å². The molecule has 1 aromatic carbocycles. The molecule has 0 fully saturated rings. The standard InChI is InChI=1S/C19H15FO3S/c1-13-2-11-19(24-13)18(21)10-9-16-7-8-17(23-16)12-22-15-5-3-14(20)4-6-15/h2-11H,12H2,1H3/b10-9+. The van der Waals surface area contributed by atoms with E-state index in [-0.39, 0.29) is 18.2 Å². The number of halogens is 1. The normalized spacial score (nSPS) is 11.1. The molecule has 0 aliphatic heterocycles. The summed E-state index contributed by atoms with van der Waals surface area (Å²) in [5, 5.41) is 0. The van der Waals surface area contributed by atoms with Gasteiger partial charge in [0.2, 0.25) is 0 Å². The average Bonchev–Trinajstić information content (AvgIpc) is 3.21. The van der Waals surface area contributed by atoms with Crippen LogP contribution in [0.1, 0.15) is 26.1 Å². The van der Waals surface area contributed by atoms with Gasteiger partial charge in [0.1, 0.15) is 29.7 Å². The molecule has 0 aliphatic rings. The Balaban J connectivity index is 1.58. The van der Waals surface area contributed by atoms with Gasteiger partial charge in [0, 0.05) is 4.88 Å². The van der Waals surface area contributed by atoms with Gasteiger partial charge in [0.25, 0.3) is 0 Å². The van der Waals surface area contributed by atoms with Crippen molar-refractivity contribution in [3.8, 4) is 5.75 Å². The first-order valence-electron chi connectivity index (χ1n) is 7.36. The number of hydrogen-bond acceptors (Lipinski definition) is 4. The van der Waals surface area contributed by atoms with Crippen molar-refractivity contribution in [2.24, 2.45) is 0 Å². The highest BCUT2D eigenvalue weighted by Gasteiger charge is 2.05. The summed E-state index contributed by atoms with van der Waals surface area (Å²) in [6.07, 6.45) is 3.13. The number of benzene rings is 1. The molecule has 0 bridgehead atoms. The van der Waals surface area contributed by atoms with Crippen LogP contribution in [0.4, 0.5) is 4.39 Å². The highest BCUT2D eigenvalue weighted by Crippen LogP contribution is 2.18. The van der Waals surface area contributed by atoms with Crippen molar-refractivity contribution in [2.75, 3.05) is 0 Å². The number of aryl methyl sites for hydroxylation is 1. The molecule has 5 heteroatoms. The molecule has 24 heavy (non-hydrogen) atoms. The van der Waals surface area contributed by atoms with Crippen LogP contribution >= 0.6 is 11.3 Å². The maximum absolute atomic E-state index is 12.8. The molecule has 3 aromatic rings. The highest BCUT2D eigenvalue weighted by atomic mass is 32.1. The molecular weight excluding hydrogens is 327 g/mol. The summed E-state index contributed by atoms with van der Waals surface area (Å²) < 4.78 is 23.9. The summed E-state index contributed by atoms with van der Waals surface area (Å²) in [4.78, 5) is 13.8. The van der Waals surface area contributed by atoms with Crippen molar-refractivity contribution < 1.29 is 18.3 Å². The van der Waals surface area contributed by atoms with Gasteiger partial charge in [-0.3, -0.25) is 4.79 Å². The molecule has 0 saturated heterocycles. The minimum Gasteiger partial charge on any atom is -0.486 e. The van der Waals surface area contributed by atoms with Crippen molar-refractivity contribution in [1.82, 2.24) is 0 Å². The second kappa shape index (κ2) is 7.27. The fraction of sp³-hybridized carbons (Fsp3) is 0.105. The van der Waals surface area contributed by atoms with E-state index in [2.05, 4.69) is 0 Å². The van der Waals surface area contributed by atoms with Crippen LogP contribution in [-0.4, -0.2) is 5.78 Å². The van der Waals surface area contributed by atoms with Gasteiger partial charge in [-0.05, 0) is 67.6 Å². The van der Waals surface area contributed by atoms with Crippen molar-refractivity contribution in [3.05, 3.63) is 81.7 Å². The summed E-state index contributed by atoms with van der Waals surface area (Å²) in [5.74, 6) is 1.41. The molecule has 3 rings (SSSR count). The molecule has 0 N–H and O–H groups in total. The van der Waals surface area contributed by atoms with Gasteiger partial charge in [0.05, 0.1) is 4.88 Å². The number of allylic oxidation sites excluding steroid dienone is 1. The van der Waals surface area contributed by atoms with E-state index in [1.807, 2.05) is 19.1 Å². The topological polar surface area (TPSA) is 39.4 Å². The molecule has 0 saturated carbocycles. The van der Waals surface area contributed by atoms with Crippen LogP contribution in [0.2, 0.25) is 0 Å². The number of rotatable bonds is 6. The van der Waals surface area contributed by atoms with Crippen LogP contribution in [0.5, 0.6) is 5.75 Å². The fourth-order valence-corrected chi connectivity index (χ4v) is 2.84. The quantitative estimate of drug-likeness (QED) is 0.453. The molecule has 0 aliphatic carbocycles. The van der Waals surface area contributed by atoms with Gasteiger partial charge < -0.3 is 9.15 Å². The Kier molecular flexibility index (Phi) is 4.91. The monoisotopic (exact) mass is 342 g/mol. The lowest BCUT2D eigenvalue weighted by atomic mass is 10.3. The number of hydrogen-bond donors (Lipinski definition) is 0. The van der Waals surface area contributed by atoms with E-state index in [1.165, 1.54) is 29.5 Å². The predicted octanol–water partition coefficient (Wildman–Crippen LogP) is 5.26. The van der Waals surface area contributed by atoms with Crippen LogP contribution in [0.25, 0.3) is 6.08 Å². The minimum atomic E-state index is -0.307. The maximum atomic E-state index is 12.8. The Morgan fingerprint density at radius 3 is 2.67 bits per heavy atom. The van der Waals surface area contributed by atoms with E-state index in [0.29, 0.717) is 22.1 Å². The lowest BCUT2D eigenvalue weighted by Gasteiger charge is -2.03. The van der Waals surface area contributed by atoms with Gasteiger partial charge >= 0.3 is 0 Å². The summed E-state index contributed by atoms with van der Waals surface area (Å²) >= 11 is 1.46. The smallest absolute Gasteiger partial charge is 0.195 e. The zero-order valence-corrected chi connectivity index (χ0v) is 13.8. The second-order valence-electron chi connectivity index (χ2n) is 5.15. The summed E-state index contributed by atoms with van der Waals surface area (Å²) in [5.41, 5.74) is 0. The van der Waals surface area contributed by atoms with Gasteiger partial charge in [0.15, 0.2) is 5.78 Å². The van der Waals surface area contributed by atoms with Crippen LogP contribution in [0.15, 0.2) is 59.0 Å². The number of ketones is 1. The third kappa shape index (κ3) is 4.20. The Labute approximate surface area is 143 Å². The SMILES string of the molecule is Cc1ccc(C(=O)/C=C/c2ccc(COc3ccc(F)cc3)o2)s1. The highest BCUT2D eigenvalue weighted by molar-refractivity contribution is 7.14. The Bertz CT molecular complexity index is 859. The van der Waals surface area contributed by atoms with Crippen LogP contribution in [0.3, 0.4) is 0 Å². The lowest BCUT2D eigenvalue weighted by molar-refractivity contribution is 0.105. The molecule has 0 atom stereocenters. The number of carbonyl (C=O) groups is 1. The molecule has 122 valence electrons.